The molecule has 3 aromatic rings. The fourth-order valence-corrected chi connectivity index (χ4v) is 3.03. The van der Waals surface area contributed by atoms with Crippen molar-refractivity contribution in [1.29, 1.82) is 0 Å². The Labute approximate surface area is 145 Å². The van der Waals surface area contributed by atoms with Crippen molar-refractivity contribution in [2.24, 2.45) is 4.99 Å². The van der Waals surface area contributed by atoms with Crippen LogP contribution in [0, 0.1) is 12.7 Å². The Kier molecular flexibility index (Phi) is 4.67. The molecule has 0 aliphatic rings. The van der Waals surface area contributed by atoms with Crippen LogP contribution in [-0.4, -0.2) is 11.2 Å². The van der Waals surface area contributed by atoms with Gasteiger partial charge in [-0.2, -0.15) is 13.2 Å². The number of hydrogen-bond donors (Lipinski definition) is 0. The summed E-state index contributed by atoms with van der Waals surface area (Å²) in [6.45, 7) is 1.78. The van der Waals surface area contributed by atoms with Crippen LogP contribution in [0.2, 0.25) is 0 Å². The molecule has 0 aliphatic heterocycles. The molecule has 0 atom stereocenters. The van der Waals surface area contributed by atoms with Crippen LogP contribution in [0.3, 0.4) is 0 Å². The van der Waals surface area contributed by atoms with Crippen LogP contribution in [0.4, 0.5) is 22.6 Å². The van der Waals surface area contributed by atoms with Crippen molar-refractivity contribution >= 4 is 22.6 Å². The molecule has 128 valence electrons. The molecule has 0 aliphatic carbocycles. The van der Waals surface area contributed by atoms with Crippen LogP contribution < -0.4 is 0 Å². The molecular weight excluding hydrogens is 352 g/mol. The van der Waals surface area contributed by atoms with E-state index in [0.717, 1.165) is 17.7 Å². The normalized spacial score (nSPS) is 12.0. The van der Waals surface area contributed by atoms with Gasteiger partial charge in [-0.1, -0.05) is 35.6 Å². The van der Waals surface area contributed by atoms with Gasteiger partial charge in [-0.15, -0.1) is 0 Å². The first-order chi connectivity index (χ1) is 11.8. The molecule has 2 nitrogen and oxygen atoms in total. The van der Waals surface area contributed by atoms with E-state index in [2.05, 4.69) is 9.98 Å². The zero-order valence-electron chi connectivity index (χ0n) is 13.0. The largest absolute Gasteiger partial charge is 0.416 e. The highest BCUT2D eigenvalue weighted by Gasteiger charge is 2.30. The Bertz CT molecular complexity index is 894. The summed E-state index contributed by atoms with van der Waals surface area (Å²) in [5, 5.41) is 1.25. The molecule has 0 unspecified atom stereocenters. The van der Waals surface area contributed by atoms with Crippen LogP contribution in [0.15, 0.2) is 53.5 Å². The number of thiazole rings is 1. The Morgan fingerprint density at radius 3 is 2.24 bits per heavy atom. The predicted molar refractivity (Wildman–Crippen MR) is 90.9 cm³/mol. The lowest BCUT2D eigenvalue weighted by Gasteiger charge is -2.06. The minimum absolute atomic E-state index is 0.323. The second kappa shape index (κ2) is 6.76. The van der Waals surface area contributed by atoms with Gasteiger partial charge in [0.25, 0.3) is 0 Å². The van der Waals surface area contributed by atoms with E-state index in [1.807, 2.05) is 0 Å². The van der Waals surface area contributed by atoms with Crippen molar-refractivity contribution in [1.82, 2.24) is 4.98 Å². The molecule has 25 heavy (non-hydrogen) atoms. The smallest absolute Gasteiger partial charge is 0.243 e. The fourth-order valence-electron chi connectivity index (χ4n) is 2.12. The first-order valence-electron chi connectivity index (χ1n) is 7.27. The summed E-state index contributed by atoms with van der Waals surface area (Å²) in [6.07, 6.45) is -2.77. The highest BCUT2D eigenvalue weighted by Crippen LogP contribution is 2.35. The Hall–Kier alpha value is -2.54. The van der Waals surface area contributed by atoms with Crippen molar-refractivity contribution < 1.29 is 17.6 Å². The van der Waals surface area contributed by atoms with Gasteiger partial charge in [0.1, 0.15) is 15.8 Å². The summed E-state index contributed by atoms with van der Waals surface area (Å²) < 4.78 is 50.7. The average molecular weight is 364 g/mol. The summed E-state index contributed by atoms with van der Waals surface area (Å²) >= 11 is 1.28. The van der Waals surface area contributed by atoms with Gasteiger partial charge in [0.15, 0.2) is 0 Å². The van der Waals surface area contributed by atoms with Crippen LogP contribution in [-0.2, 0) is 6.18 Å². The van der Waals surface area contributed by atoms with E-state index in [4.69, 9.17) is 0 Å². The maximum Gasteiger partial charge on any atom is 0.416 e. The van der Waals surface area contributed by atoms with Gasteiger partial charge in [0, 0.05) is 11.8 Å². The minimum atomic E-state index is -4.36. The lowest BCUT2D eigenvalue weighted by molar-refractivity contribution is -0.137. The highest BCUT2D eigenvalue weighted by atomic mass is 32.1. The monoisotopic (exact) mass is 364 g/mol. The Morgan fingerprint density at radius 1 is 1.00 bits per heavy atom. The molecule has 1 aromatic heterocycles. The topological polar surface area (TPSA) is 25.2 Å². The molecule has 0 saturated carbocycles. The van der Waals surface area contributed by atoms with Crippen molar-refractivity contribution in [3.8, 4) is 10.6 Å². The standard InChI is InChI=1S/C18H12F4N2S/c1-11-16(23-10-12-2-8-15(19)9-3-12)25-17(24-11)13-4-6-14(7-5-13)18(20,21)22/h2-10H,1H3/b23-10+. The molecule has 0 amide bonds. The van der Waals surface area contributed by atoms with E-state index in [9.17, 15) is 17.6 Å². The molecular formula is C18H12F4N2S. The fraction of sp³-hybridized carbons (Fsp3) is 0.111. The summed E-state index contributed by atoms with van der Waals surface area (Å²) in [5.74, 6) is -0.323. The number of aromatic nitrogens is 1. The molecule has 0 spiro atoms. The van der Waals surface area contributed by atoms with Gasteiger partial charge < -0.3 is 0 Å². The SMILES string of the molecule is Cc1nc(-c2ccc(C(F)(F)F)cc2)sc1/N=C/c1ccc(F)cc1. The molecule has 3 rings (SSSR count). The molecule has 0 radical (unpaired) electrons. The van der Waals surface area contributed by atoms with E-state index in [0.29, 0.717) is 21.3 Å². The van der Waals surface area contributed by atoms with E-state index >= 15 is 0 Å². The van der Waals surface area contributed by atoms with E-state index in [1.165, 1.54) is 35.6 Å². The summed E-state index contributed by atoms with van der Waals surface area (Å²) in [6, 6.07) is 10.8. The minimum Gasteiger partial charge on any atom is -0.243 e. The first kappa shape index (κ1) is 17.3. The van der Waals surface area contributed by atoms with Gasteiger partial charge in [0.2, 0.25) is 0 Å². The lowest BCUT2D eigenvalue weighted by atomic mass is 10.1. The van der Waals surface area contributed by atoms with Gasteiger partial charge in [-0.25, -0.2) is 14.4 Å². The molecule has 0 bridgehead atoms. The van der Waals surface area contributed by atoms with Crippen molar-refractivity contribution in [2.75, 3.05) is 0 Å². The van der Waals surface area contributed by atoms with Gasteiger partial charge in [-0.3, -0.25) is 0 Å². The average Bonchev–Trinajstić information content (AvgIpc) is 2.95. The second-order valence-corrected chi connectivity index (χ2v) is 6.27. The predicted octanol–water partition coefficient (Wildman–Crippen LogP) is 6.03. The molecule has 2 aromatic carbocycles. The van der Waals surface area contributed by atoms with Crippen LogP contribution in [0.25, 0.3) is 10.6 Å². The number of alkyl halides is 3. The summed E-state index contributed by atoms with van der Waals surface area (Å²) in [7, 11) is 0. The number of halogens is 4. The first-order valence-corrected chi connectivity index (χ1v) is 8.09. The Balaban J connectivity index is 1.83. The number of aryl methyl sites for hydroxylation is 1. The number of aliphatic imine (C=N–C) groups is 1. The zero-order chi connectivity index (χ0) is 18.0. The molecule has 1 heterocycles. The molecule has 0 saturated heterocycles. The van der Waals surface area contributed by atoms with Crippen LogP contribution in [0.5, 0.6) is 0 Å². The number of nitrogens with zero attached hydrogens (tertiary/aromatic N) is 2. The third-order valence-electron chi connectivity index (χ3n) is 3.43. The van der Waals surface area contributed by atoms with Crippen molar-refractivity contribution in [3.05, 3.63) is 71.2 Å². The molecule has 0 N–H and O–H groups in total. The lowest BCUT2D eigenvalue weighted by Crippen LogP contribution is -2.03. The second-order valence-electron chi connectivity index (χ2n) is 5.29. The van der Waals surface area contributed by atoms with E-state index in [-0.39, 0.29) is 5.82 Å². The third-order valence-corrected chi connectivity index (χ3v) is 4.55. The maximum atomic E-state index is 12.9. The number of hydrogen-bond acceptors (Lipinski definition) is 3. The summed E-state index contributed by atoms with van der Waals surface area (Å²) in [5.41, 5.74) is 1.33. The van der Waals surface area contributed by atoms with E-state index < -0.39 is 11.7 Å². The van der Waals surface area contributed by atoms with Gasteiger partial charge >= 0.3 is 6.18 Å². The molecule has 0 fully saturated rings. The van der Waals surface area contributed by atoms with Crippen molar-refractivity contribution in [3.63, 3.8) is 0 Å². The van der Waals surface area contributed by atoms with E-state index in [1.54, 1.807) is 25.3 Å². The summed E-state index contributed by atoms with van der Waals surface area (Å²) in [4.78, 5) is 8.70. The van der Waals surface area contributed by atoms with Crippen LogP contribution in [0.1, 0.15) is 16.8 Å². The molecule has 7 heteroatoms. The Morgan fingerprint density at radius 2 is 1.64 bits per heavy atom. The number of rotatable bonds is 3. The zero-order valence-corrected chi connectivity index (χ0v) is 13.8. The maximum absolute atomic E-state index is 12.9. The third kappa shape index (κ3) is 4.11. The highest BCUT2D eigenvalue weighted by molar-refractivity contribution is 7.18. The van der Waals surface area contributed by atoms with Crippen LogP contribution >= 0.6 is 11.3 Å². The van der Waals surface area contributed by atoms with Gasteiger partial charge in [-0.05, 0) is 36.8 Å². The van der Waals surface area contributed by atoms with Crippen molar-refractivity contribution in [2.45, 2.75) is 13.1 Å². The quantitative estimate of drug-likeness (QED) is 0.412. The van der Waals surface area contributed by atoms with Gasteiger partial charge in [0.05, 0.1) is 11.3 Å². The number of benzene rings is 2.